The summed E-state index contributed by atoms with van der Waals surface area (Å²) < 4.78 is 5.35. The molecule has 9 heteroatoms. The first kappa shape index (κ1) is 22.5. The second-order valence-corrected chi connectivity index (χ2v) is 8.01. The zero-order valence-electron chi connectivity index (χ0n) is 18.7. The van der Waals surface area contributed by atoms with Crippen LogP contribution >= 0.6 is 0 Å². The zero-order valence-corrected chi connectivity index (χ0v) is 18.7. The van der Waals surface area contributed by atoms with Crippen LogP contribution in [0.15, 0.2) is 54.9 Å². The average molecular weight is 450 g/mol. The Labute approximate surface area is 192 Å². The monoisotopic (exact) mass is 449 g/mol. The number of non-ortho nitro benzene ring substituents is 1. The molecule has 2 heterocycles. The summed E-state index contributed by atoms with van der Waals surface area (Å²) in [7, 11) is 1.62. The number of carbonyl (C=O) groups is 1. The van der Waals surface area contributed by atoms with Crippen molar-refractivity contribution in [1.29, 1.82) is 0 Å². The van der Waals surface area contributed by atoms with Gasteiger partial charge < -0.3 is 15.0 Å². The predicted octanol–water partition coefficient (Wildman–Crippen LogP) is 2.98. The van der Waals surface area contributed by atoms with Crippen molar-refractivity contribution in [2.75, 3.05) is 38.2 Å². The van der Waals surface area contributed by atoms with Crippen LogP contribution in [0.3, 0.4) is 0 Å². The number of anilines is 1. The molecule has 0 saturated carbocycles. The second-order valence-electron chi connectivity index (χ2n) is 8.01. The molecule has 1 aromatic heterocycles. The van der Waals surface area contributed by atoms with Gasteiger partial charge in [-0.25, -0.2) is 0 Å². The number of para-hydroxylation sites is 1. The topological polar surface area (TPSA) is 101 Å². The fourth-order valence-corrected chi connectivity index (χ4v) is 4.29. The molecule has 3 aromatic rings. The van der Waals surface area contributed by atoms with E-state index in [1.807, 2.05) is 37.3 Å². The van der Waals surface area contributed by atoms with Crippen molar-refractivity contribution in [3.63, 3.8) is 0 Å². The fraction of sp³-hybridized carbons (Fsp3) is 0.333. The average Bonchev–Trinajstić information content (AvgIpc) is 2.86. The van der Waals surface area contributed by atoms with Crippen molar-refractivity contribution in [2.24, 2.45) is 0 Å². The summed E-state index contributed by atoms with van der Waals surface area (Å²) in [5.74, 6) is 0.728. The molecule has 1 N–H and O–H groups in total. The number of pyridine rings is 1. The van der Waals surface area contributed by atoms with Crippen LogP contribution in [-0.4, -0.2) is 60.0 Å². The van der Waals surface area contributed by atoms with Gasteiger partial charge in [0.25, 0.3) is 5.69 Å². The molecule has 9 nitrogen and oxygen atoms in total. The van der Waals surface area contributed by atoms with Gasteiger partial charge in [0.05, 0.1) is 23.5 Å². The number of nitrogens with one attached hydrogen (secondary N) is 1. The van der Waals surface area contributed by atoms with E-state index in [0.717, 1.165) is 35.5 Å². The van der Waals surface area contributed by atoms with Crippen LogP contribution < -0.4 is 15.0 Å². The molecule has 2 aromatic carbocycles. The number of fused-ring (bicyclic) bond motifs is 1. The Balaban J connectivity index is 1.39. The molecule has 1 aliphatic heterocycles. The lowest BCUT2D eigenvalue weighted by atomic mass is 10.1. The maximum Gasteiger partial charge on any atom is 0.278 e. The van der Waals surface area contributed by atoms with E-state index in [1.165, 1.54) is 0 Å². The van der Waals surface area contributed by atoms with E-state index < -0.39 is 0 Å². The summed E-state index contributed by atoms with van der Waals surface area (Å²) in [6.45, 7) is 5.20. The van der Waals surface area contributed by atoms with E-state index in [1.54, 1.807) is 31.6 Å². The first-order valence-electron chi connectivity index (χ1n) is 10.9. The number of hydrogen-bond donors (Lipinski definition) is 1. The molecule has 1 amide bonds. The Morgan fingerprint density at radius 2 is 1.91 bits per heavy atom. The molecule has 0 radical (unpaired) electrons. The normalized spacial score (nSPS) is 15.3. The molecule has 172 valence electrons. The number of hydrogen-bond acceptors (Lipinski definition) is 7. The van der Waals surface area contributed by atoms with Crippen LogP contribution in [0.25, 0.3) is 10.8 Å². The molecule has 33 heavy (non-hydrogen) atoms. The van der Waals surface area contributed by atoms with Crippen LogP contribution in [0.2, 0.25) is 0 Å². The lowest BCUT2D eigenvalue weighted by Crippen LogP contribution is -2.53. The minimum Gasteiger partial charge on any atom is -0.496 e. The molecule has 1 saturated heterocycles. The summed E-state index contributed by atoms with van der Waals surface area (Å²) in [5, 5.41) is 15.7. The molecule has 0 spiro atoms. The highest BCUT2D eigenvalue weighted by Gasteiger charge is 2.27. The second kappa shape index (κ2) is 9.83. The van der Waals surface area contributed by atoms with Gasteiger partial charge in [-0.2, -0.15) is 0 Å². The van der Waals surface area contributed by atoms with Gasteiger partial charge in [0.2, 0.25) is 5.91 Å². The summed E-state index contributed by atoms with van der Waals surface area (Å²) in [5.41, 5.74) is 1.94. The van der Waals surface area contributed by atoms with Crippen molar-refractivity contribution in [2.45, 2.75) is 19.5 Å². The number of amides is 1. The molecule has 0 aliphatic carbocycles. The van der Waals surface area contributed by atoms with Crippen molar-refractivity contribution in [3.8, 4) is 5.75 Å². The molecule has 1 unspecified atom stereocenters. The molecular formula is C24H27N5O4. The first-order chi connectivity index (χ1) is 16.0. The minimum atomic E-state index is -0.378. The molecule has 1 aliphatic rings. The maximum atomic E-state index is 12.8. The smallest absolute Gasteiger partial charge is 0.278 e. The number of ether oxygens (including phenoxy) is 1. The Morgan fingerprint density at radius 3 is 2.64 bits per heavy atom. The Kier molecular flexibility index (Phi) is 6.69. The molecule has 4 rings (SSSR count). The highest BCUT2D eigenvalue weighted by molar-refractivity contribution is 5.99. The minimum absolute atomic E-state index is 0.0267. The molecule has 1 fully saturated rings. The highest BCUT2D eigenvalue weighted by Crippen LogP contribution is 2.33. The third kappa shape index (κ3) is 4.73. The van der Waals surface area contributed by atoms with Gasteiger partial charge in [-0.15, -0.1) is 0 Å². The number of aromatic nitrogens is 1. The van der Waals surface area contributed by atoms with Crippen LogP contribution in [0.1, 0.15) is 12.5 Å². The first-order valence-corrected chi connectivity index (χ1v) is 10.9. The summed E-state index contributed by atoms with van der Waals surface area (Å²) in [6.07, 6.45) is 3.20. The standard InChI is InChI=1S/C24H27N5O4/c1-17(24(30)26-15-18-5-3-4-6-23(18)33-2)27-11-13-28(14-12-27)21-7-8-22(29(31)32)20-16-25-10-9-19(20)21/h3-10,16-17H,11-15H2,1-2H3,(H,26,30). The fourth-order valence-electron chi connectivity index (χ4n) is 4.29. The largest absolute Gasteiger partial charge is 0.496 e. The Hall–Kier alpha value is -3.72. The number of nitro groups is 1. The number of nitro benzene ring substituents is 1. The van der Waals surface area contributed by atoms with E-state index in [0.29, 0.717) is 25.0 Å². The third-order valence-corrected chi connectivity index (χ3v) is 6.20. The van der Waals surface area contributed by atoms with E-state index in [2.05, 4.69) is 20.1 Å². The third-order valence-electron chi connectivity index (χ3n) is 6.20. The molecular weight excluding hydrogens is 422 g/mol. The van der Waals surface area contributed by atoms with E-state index in [4.69, 9.17) is 4.74 Å². The van der Waals surface area contributed by atoms with Gasteiger partial charge >= 0.3 is 0 Å². The van der Waals surface area contributed by atoms with Crippen LogP contribution in [0, 0.1) is 10.1 Å². The van der Waals surface area contributed by atoms with Crippen LogP contribution in [-0.2, 0) is 11.3 Å². The summed E-state index contributed by atoms with van der Waals surface area (Å²) in [6, 6.07) is 12.5. The predicted molar refractivity (Wildman–Crippen MR) is 126 cm³/mol. The number of carbonyl (C=O) groups excluding carboxylic acids is 1. The SMILES string of the molecule is COc1ccccc1CNC(=O)C(C)N1CCN(c2ccc([N+](=O)[O-])c3cnccc23)CC1. The van der Waals surface area contributed by atoms with E-state index >= 15 is 0 Å². The number of benzene rings is 2. The number of nitrogens with zero attached hydrogens (tertiary/aromatic N) is 4. The van der Waals surface area contributed by atoms with Gasteiger partial charge in [0.1, 0.15) is 5.75 Å². The zero-order chi connectivity index (χ0) is 23.4. The number of piperazine rings is 1. The summed E-state index contributed by atoms with van der Waals surface area (Å²) in [4.78, 5) is 32.2. The van der Waals surface area contributed by atoms with Crippen molar-refractivity contribution in [1.82, 2.24) is 15.2 Å². The number of rotatable bonds is 7. The lowest BCUT2D eigenvalue weighted by molar-refractivity contribution is -0.383. The van der Waals surface area contributed by atoms with E-state index in [9.17, 15) is 14.9 Å². The van der Waals surface area contributed by atoms with Gasteiger partial charge in [-0.1, -0.05) is 18.2 Å². The lowest BCUT2D eigenvalue weighted by Gasteiger charge is -2.39. The Bertz CT molecular complexity index is 1160. The van der Waals surface area contributed by atoms with Gasteiger partial charge in [0, 0.05) is 67.8 Å². The number of methoxy groups -OCH3 is 1. The molecule has 0 bridgehead atoms. The van der Waals surface area contributed by atoms with Gasteiger partial charge in [-0.3, -0.25) is 24.8 Å². The van der Waals surface area contributed by atoms with Gasteiger partial charge in [-0.05, 0) is 25.1 Å². The van der Waals surface area contributed by atoms with Crippen LogP contribution in [0.4, 0.5) is 11.4 Å². The van der Waals surface area contributed by atoms with Crippen molar-refractivity contribution in [3.05, 3.63) is 70.5 Å². The highest BCUT2D eigenvalue weighted by atomic mass is 16.6. The summed E-state index contributed by atoms with van der Waals surface area (Å²) >= 11 is 0. The van der Waals surface area contributed by atoms with E-state index in [-0.39, 0.29) is 22.6 Å². The Morgan fingerprint density at radius 1 is 1.15 bits per heavy atom. The molecule has 1 atom stereocenters. The van der Waals surface area contributed by atoms with Crippen molar-refractivity contribution < 1.29 is 14.5 Å². The maximum absolute atomic E-state index is 12.8. The van der Waals surface area contributed by atoms with Crippen LogP contribution in [0.5, 0.6) is 5.75 Å². The van der Waals surface area contributed by atoms with Crippen molar-refractivity contribution >= 4 is 28.1 Å². The quantitative estimate of drug-likeness (QED) is 0.437. The van der Waals surface area contributed by atoms with Gasteiger partial charge in [0.15, 0.2) is 0 Å².